The first-order valence-electron chi connectivity index (χ1n) is 5.15. The molecule has 0 unspecified atom stereocenters. The van der Waals surface area contributed by atoms with Crippen molar-refractivity contribution in [3.05, 3.63) is 28.2 Å². The molecule has 1 radical (unpaired) electrons. The molecule has 1 fully saturated rings. The third kappa shape index (κ3) is 2.11. The topological polar surface area (TPSA) is 9.23 Å². The van der Waals surface area contributed by atoms with Crippen LogP contribution in [-0.2, 0) is 0 Å². The molecule has 0 saturated heterocycles. The van der Waals surface area contributed by atoms with Gasteiger partial charge in [-0.2, -0.15) is 0 Å². The molecule has 75 valence electrons. The van der Waals surface area contributed by atoms with Crippen LogP contribution in [0.15, 0.2) is 16.6 Å². The summed E-state index contributed by atoms with van der Waals surface area (Å²) < 4.78 is 6.85. The Kier molecular flexibility index (Phi) is 3.12. The highest BCUT2D eigenvalue weighted by Crippen LogP contribution is 2.47. The summed E-state index contributed by atoms with van der Waals surface area (Å²) in [7, 11) is 0. The number of benzene rings is 1. The lowest BCUT2D eigenvalue weighted by molar-refractivity contribution is 0.313. The van der Waals surface area contributed by atoms with Gasteiger partial charge in [-0.05, 0) is 37.3 Å². The maximum Gasteiger partial charge on any atom is 0.131 e. The summed E-state index contributed by atoms with van der Waals surface area (Å²) in [5, 5.41) is 0. The van der Waals surface area contributed by atoms with Crippen LogP contribution in [0.2, 0.25) is 0 Å². The first kappa shape index (κ1) is 10.0. The van der Waals surface area contributed by atoms with Crippen molar-refractivity contribution in [3.8, 4) is 5.75 Å². The van der Waals surface area contributed by atoms with E-state index in [0.29, 0.717) is 5.92 Å². The summed E-state index contributed by atoms with van der Waals surface area (Å²) in [6.45, 7) is 2.90. The molecule has 1 aliphatic rings. The molecule has 0 heterocycles. The molecule has 1 saturated carbocycles. The van der Waals surface area contributed by atoms with Crippen molar-refractivity contribution in [2.24, 2.45) is 0 Å². The molecular weight excluding hydrogens is 240 g/mol. The maximum absolute atomic E-state index is 5.68. The Morgan fingerprint density at radius 1 is 1.57 bits per heavy atom. The van der Waals surface area contributed by atoms with Gasteiger partial charge in [0.1, 0.15) is 5.75 Å². The fraction of sp³-hybridized carbons (Fsp3) is 0.500. The average molecular weight is 254 g/mol. The van der Waals surface area contributed by atoms with Crippen LogP contribution < -0.4 is 4.74 Å². The molecule has 0 atom stereocenters. The van der Waals surface area contributed by atoms with Crippen molar-refractivity contribution in [1.82, 2.24) is 0 Å². The largest absolute Gasteiger partial charge is 0.493 e. The van der Waals surface area contributed by atoms with Gasteiger partial charge in [-0.25, -0.2) is 0 Å². The molecule has 0 amide bonds. The Hall–Kier alpha value is -0.500. The highest BCUT2D eigenvalue weighted by atomic mass is 79.9. The van der Waals surface area contributed by atoms with Crippen molar-refractivity contribution < 1.29 is 4.74 Å². The summed E-state index contributed by atoms with van der Waals surface area (Å²) in [5.74, 6) is 1.65. The van der Waals surface area contributed by atoms with Gasteiger partial charge in [-0.15, -0.1) is 0 Å². The van der Waals surface area contributed by atoms with Crippen molar-refractivity contribution in [3.63, 3.8) is 0 Å². The second kappa shape index (κ2) is 4.35. The van der Waals surface area contributed by atoms with Crippen molar-refractivity contribution in [1.29, 1.82) is 0 Å². The van der Waals surface area contributed by atoms with E-state index in [-0.39, 0.29) is 0 Å². The van der Waals surface area contributed by atoms with Gasteiger partial charge in [0.15, 0.2) is 0 Å². The Balaban J connectivity index is 2.23. The minimum Gasteiger partial charge on any atom is -0.493 e. The summed E-state index contributed by atoms with van der Waals surface area (Å²) in [5.41, 5.74) is 1.32. The molecular formula is C12H14BrO. The summed E-state index contributed by atoms with van der Waals surface area (Å²) in [6.07, 6.45) is 3.63. The van der Waals surface area contributed by atoms with Gasteiger partial charge in [0.2, 0.25) is 0 Å². The van der Waals surface area contributed by atoms with Crippen molar-refractivity contribution in [2.45, 2.75) is 32.1 Å². The summed E-state index contributed by atoms with van der Waals surface area (Å²) in [4.78, 5) is 0. The van der Waals surface area contributed by atoms with Gasteiger partial charge in [0.25, 0.3) is 0 Å². The van der Waals surface area contributed by atoms with Crippen LogP contribution >= 0.6 is 15.9 Å². The normalized spacial score (nSPS) is 15.6. The monoisotopic (exact) mass is 253 g/mol. The molecule has 0 spiro atoms. The van der Waals surface area contributed by atoms with E-state index in [1.54, 1.807) is 0 Å². The quantitative estimate of drug-likeness (QED) is 0.791. The molecule has 14 heavy (non-hydrogen) atoms. The zero-order chi connectivity index (χ0) is 9.97. The highest BCUT2D eigenvalue weighted by molar-refractivity contribution is 9.10. The van der Waals surface area contributed by atoms with Crippen LogP contribution in [0.25, 0.3) is 0 Å². The highest BCUT2D eigenvalue weighted by Gasteiger charge is 2.28. The van der Waals surface area contributed by atoms with Gasteiger partial charge in [0, 0.05) is 16.1 Å². The number of hydrogen-bond acceptors (Lipinski definition) is 1. The molecule has 0 aliphatic heterocycles. The Labute approximate surface area is 93.6 Å². The summed E-state index contributed by atoms with van der Waals surface area (Å²) >= 11 is 3.58. The van der Waals surface area contributed by atoms with Gasteiger partial charge < -0.3 is 4.74 Å². The molecule has 0 bridgehead atoms. The molecule has 1 aliphatic carbocycles. The maximum atomic E-state index is 5.68. The Bertz CT molecular complexity index is 318. The van der Waals surface area contributed by atoms with Crippen LogP contribution in [0.3, 0.4) is 0 Å². The van der Waals surface area contributed by atoms with Crippen molar-refractivity contribution >= 4 is 15.9 Å². The van der Waals surface area contributed by atoms with E-state index in [9.17, 15) is 0 Å². The van der Waals surface area contributed by atoms with Crippen LogP contribution in [0.4, 0.5) is 0 Å². The fourth-order valence-corrected chi connectivity index (χ4v) is 2.18. The predicted octanol–water partition coefficient (Wildman–Crippen LogP) is 3.92. The first-order valence-corrected chi connectivity index (χ1v) is 5.95. The van der Waals surface area contributed by atoms with Crippen LogP contribution in [0, 0.1) is 6.07 Å². The Morgan fingerprint density at radius 2 is 2.36 bits per heavy atom. The molecule has 0 aromatic heterocycles. The van der Waals surface area contributed by atoms with E-state index in [0.717, 1.165) is 18.8 Å². The number of hydrogen-bond donors (Lipinski definition) is 0. The van der Waals surface area contributed by atoms with Gasteiger partial charge in [0.05, 0.1) is 6.61 Å². The lowest BCUT2D eigenvalue weighted by Crippen LogP contribution is -1.98. The predicted molar refractivity (Wildman–Crippen MR) is 60.7 cm³/mol. The SMILES string of the molecule is CCCOc1[c]ccc(Br)c1C1CC1. The second-order valence-corrected chi connectivity index (χ2v) is 4.55. The zero-order valence-electron chi connectivity index (χ0n) is 8.35. The number of rotatable bonds is 4. The molecule has 1 aromatic rings. The molecule has 2 heteroatoms. The fourth-order valence-electron chi connectivity index (χ4n) is 1.54. The number of ether oxygens (including phenoxy) is 1. The van der Waals surface area contributed by atoms with Crippen LogP contribution in [0.5, 0.6) is 5.75 Å². The molecule has 1 nitrogen and oxygen atoms in total. The van der Waals surface area contributed by atoms with Gasteiger partial charge in [-0.1, -0.05) is 22.9 Å². The van der Waals surface area contributed by atoms with E-state index < -0.39 is 0 Å². The van der Waals surface area contributed by atoms with Crippen LogP contribution in [-0.4, -0.2) is 6.61 Å². The lowest BCUT2D eigenvalue weighted by atomic mass is 10.1. The van der Waals surface area contributed by atoms with Gasteiger partial charge >= 0.3 is 0 Å². The smallest absolute Gasteiger partial charge is 0.131 e. The van der Waals surface area contributed by atoms with E-state index in [1.807, 2.05) is 12.1 Å². The number of halogens is 1. The van der Waals surface area contributed by atoms with Gasteiger partial charge in [-0.3, -0.25) is 0 Å². The second-order valence-electron chi connectivity index (χ2n) is 3.69. The molecule has 2 rings (SSSR count). The third-order valence-electron chi connectivity index (χ3n) is 2.38. The minimum atomic E-state index is 0.702. The first-order chi connectivity index (χ1) is 6.83. The van der Waals surface area contributed by atoms with Crippen LogP contribution in [0.1, 0.15) is 37.7 Å². The molecule has 0 N–H and O–H groups in total. The van der Waals surface area contributed by atoms with Crippen molar-refractivity contribution in [2.75, 3.05) is 6.61 Å². The van der Waals surface area contributed by atoms with E-state index in [4.69, 9.17) is 4.74 Å². The molecule has 1 aromatic carbocycles. The standard InChI is InChI=1S/C12H14BrO/c1-2-8-14-11-5-3-4-10(13)12(11)9-6-7-9/h3-4,9H,2,6-8H2,1H3. The third-order valence-corrected chi connectivity index (χ3v) is 3.07. The minimum absolute atomic E-state index is 0.702. The lowest BCUT2D eigenvalue weighted by Gasteiger charge is -2.11. The van der Waals surface area contributed by atoms with E-state index in [2.05, 4.69) is 28.9 Å². The van der Waals surface area contributed by atoms with E-state index >= 15 is 0 Å². The average Bonchev–Trinajstić information content (AvgIpc) is 2.98. The van der Waals surface area contributed by atoms with E-state index in [1.165, 1.54) is 22.9 Å². The zero-order valence-corrected chi connectivity index (χ0v) is 9.93. The summed E-state index contributed by atoms with van der Waals surface area (Å²) in [6, 6.07) is 7.15. The Morgan fingerprint density at radius 3 is 3.00 bits per heavy atom.